The van der Waals surface area contributed by atoms with Crippen LogP contribution in [0.15, 0.2) is 48.6 Å². The van der Waals surface area contributed by atoms with E-state index in [4.69, 9.17) is 10.1 Å². The van der Waals surface area contributed by atoms with Gasteiger partial charge in [-0.3, -0.25) is 9.78 Å². The van der Waals surface area contributed by atoms with Gasteiger partial charge >= 0.3 is 5.97 Å². The molecule has 0 aliphatic heterocycles. The van der Waals surface area contributed by atoms with Crippen molar-refractivity contribution in [2.45, 2.75) is 97.4 Å². The van der Waals surface area contributed by atoms with Crippen molar-refractivity contribution in [1.82, 2.24) is 14.5 Å². The fourth-order valence-electron chi connectivity index (χ4n) is 4.15. The minimum atomic E-state index is -0.735. The van der Waals surface area contributed by atoms with E-state index in [2.05, 4.69) is 43.3 Å². The second kappa shape index (κ2) is 13.2. The van der Waals surface area contributed by atoms with Crippen LogP contribution in [0.4, 0.5) is 4.39 Å². The lowest BCUT2D eigenvalue weighted by Crippen LogP contribution is -2.21. The Morgan fingerprint density at radius 3 is 2.44 bits per heavy atom. The van der Waals surface area contributed by atoms with E-state index in [1.165, 1.54) is 6.08 Å². The smallest absolute Gasteiger partial charge is 0.303 e. The molecule has 0 radical (unpaired) electrons. The highest BCUT2D eigenvalue weighted by Crippen LogP contribution is 2.36. The number of halogens is 1. The molecule has 0 saturated heterocycles. The Kier molecular flexibility index (Phi) is 10.7. The number of carboxylic acid groups (broad SMARTS) is 1. The Hall–Kier alpha value is -2.76. The van der Waals surface area contributed by atoms with Gasteiger partial charge in [-0.15, -0.1) is 0 Å². The molecule has 0 aromatic carbocycles. The zero-order valence-corrected chi connectivity index (χ0v) is 21.4. The van der Waals surface area contributed by atoms with Gasteiger partial charge in [0.25, 0.3) is 0 Å². The van der Waals surface area contributed by atoms with Gasteiger partial charge in [-0.25, -0.2) is 9.37 Å². The molecular weight excluding hydrogens is 429 g/mol. The topological polar surface area (TPSA) is 68.0 Å². The molecule has 2 aromatic heterocycles. The van der Waals surface area contributed by atoms with E-state index in [-0.39, 0.29) is 23.6 Å². The van der Waals surface area contributed by atoms with Crippen LogP contribution in [0.1, 0.15) is 97.0 Å². The summed E-state index contributed by atoms with van der Waals surface area (Å²) in [6.45, 7) is 11.2. The van der Waals surface area contributed by atoms with Gasteiger partial charge in [-0.2, -0.15) is 0 Å². The molecule has 1 N–H and O–H groups in total. The molecule has 0 aliphatic carbocycles. The largest absolute Gasteiger partial charge is 0.481 e. The first-order chi connectivity index (χ1) is 16.2. The van der Waals surface area contributed by atoms with Crippen molar-refractivity contribution in [1.29, 1.82) is 0 Å². The van der Waals surface area contributed by atoms with Crippen LogP contribution in [0.3, 0.4) is 0 Å². The van der Waals surface area contributed by atoms with Crippen molar-refractivity contribution < 1.29 is 14.3 Å². The lowest BCUT2D eigenvalue weighted by Gasteiger charge is -2.23. The van der Waals surface area contributed by atoms with Gasteiger partial charge in [0.1, 0.15) is 5.82 Å². The summed E-state index contributed by atoms with van der Waals surface area (Å²) in [5.41, 5.74) is 2.99. The molecule has 0 saturated carbocycles. The van der Waals surface area contributed by atoms with Crippen LogP contribution in [-0.4, -0.2) is 25.6 Å². The molecule has 5 nitrogen and oxygen atoms in total. The van der Waals surface area contributed by atoms with Crippen molar-refractivity contribution >= 4 is 5.97 Å². The van der Waals surface area contributed by atoms with E-state index in [9.17, 15) is 9.18 Å². The van der Waals surface area contributed by atoms with Crippen LogP contribution in [0.2, 0.25) is 0 Å². The Balaban J connectivity index is 2.47. The molecule has 0 fully saturated rings. The first kappa shape index (κ1) is 27.5. The molecule has 2 rings (SSSR count). The number of aliphatic carboxylic acids is 1. The van der Waals surface area contributed by atoms with Crippen LogP contribution < -0.4 is 0 Å². The van der Waals surface area contributed by atoms with Crippen molar-refractivity contribution in [3.8, 4) is 11.3 Å². The number of imidazole rings is 1. The molecular formula is C28H40FN3O2. The number of unbranched alkanes of at least 4 members (excludes halogenated alkanes) is 3. The van der Waals surface area contributed by atoms with E-state index >= 15 is 0 Å². The number of hydrogen-bond donors (Lipinski definition) is 1. The fourth-order valence-corrected chi connectivity index (χ4v) is 4.15. The summed E-state index contributed by atoms with van der Waals surface area (Å²) in [7, 11) is 0. The van der Waals surface area contributed by atoms with Gasteiger partial charge in [0, 0.05) is 48.7 Å². The molecule has 34 heavy (non-hydrogen) atoms. The molecule has 0 bridgehead atoms. The molecule has 186 valence electrons. The maximum Gasteiger partial charge on any atom is 0.303 e. The Labute approximate surface area is 203 Å². The standard InChI is InChI=1S/C28H40FN3O2/c1-6-21(13-12-14-23(29)7-2)26-25(22-16-18-30-19-17-22)31-27(28(3,4)5)32(26)20-11-9-8-10-15-24(33)34/h7,12-13,16-19,21H,6,8-11,14-15,20H2,1-5H3,(H,33,34)/b13-12-,23-7+. The Morgan fingerprint density at radius 1 is 1.18 bits per heavy atom. The van der Waals surface area contributed by atoms with Gasteiger partial charge in [0.15, 0.2) is 0 Å². The molecule has 6 heteroatoms. The van der Waals surface area contributed by atoms with E-state index in [1.54, 1.807) is 19.3 Å². The lowest BCUT2D eigenvalue weighted by molar-refractivity contribution is -0.137. The third-order valence-electron chi connectivity index (χ3n) is 5.94. The SMILES string of the molecule is C/C=C(/F)C/C=C\C(CC)c1c(-c2ccncc2)nc(C(C)(C)C)n1CCCCCCC(=O)O. The number of carboxylic acids is 1. The van der Waals surface area contributed by atoms with Gasteiger partial charge in [0.05, 0.1) is 17.2 Å². The van der Waals surface area contributed by atoms with Crippen molar-refractivity contribution in [2.75, 3.05) is 0 Å². The first-order valence-electron chi connectivity index (χ1n) is 12.4. The number of carbonyl (C=O) groups is 1. The molecule has 0 aliphatic rings. The van der Waals surface area contributed by atoms with Crippen LogP contribution in [0, 0.1) is 0 Å². The highest BCUT2D eigenvalue weighted by molar-refractivity contribution is 5.66. The molecule has 1 unspecified atom stereocenters. The summed E-state index contributed by atoms with van der Waals surface area (Å²) in [6, 6.07) is 3.98. The summed E-state index contributed by atoms with van der Waals surface area (Å²) in [5, 5.41) is 8.88. The number of hydrogen-bond acceptors (Lipinski definition) is 3. The fraction of sp³-hybridized carbons (Fsp3) is 0.536. The molecule has 0 amide bonds. The average molecular weight is 470 g/mol. The summed E-state index contributed by atoms with van der Waals surface area (Å²) >= 11 is 0. The maximum atomic E-state index is 13.7. The van der Waals surface area contributed by atoms with E-state index in [1.807, 2.05) is 18.2 Å². The number of rotatable bonds is 13. The molecule has 2 heterocycles. The second-order valence-corrected chi connectivity index (χ2v) is 9.75. The quantitative estimate of drug-likeness (QED) is 0.242. The summed E-state index contributed by atoms with van der Waals surface area (Å²) in [5.74, 6) is 0.265. The highest BCUT2D eigenvalue weighted by atomic mass is 19.1. The van der Waals surface area contributed by atoms with Crippen molar-refractivity contribution in [2.24, 2.45) is 0 Å². The minimum Gasteiger partial charge on any atom is -0.481 e. The first-order valence-corrected chi connectivity index (χ1v) is 12.4. The minimum absolute atomic E-state index is 0.100. The average Bonchev–Trinajstić information content (AvgIpc) is 3.19. The second-order valence-electron chi connectivity index (χ2n) is 9.75. The van der Waals surface area contributed by atoms with Gasteiger partial charge in [-0.1, -0.05) is 58.8 Å². The summed E-state index contributed by atoms with van der Waals surface area (Å²) < 4.78 is 16.1. The molecule has 1 atom stereocenters. The lowest BCUT2D eigenvalue weighted by atomic mass is 9.94. The van der Waals surface area contributed by atoms with E-state index < -0.39 is 5.97 Å². The Morgan fingerprint density at radius 2 is 1.85 bits per heavy atom. The van der Waals surface area contributed by atoms with Crippen LogP contribution >= 0.6 is 0 Å². The monoisotopic (exact) mass is 469 g/mol. The van der Waals surface area contributed by atoms with Gasteiger partial charge in [0.2, 0.25) is 0 Å². The third kappa shape index (κ3) is 7.93. The number of nitrogens with zero attached hydrogens (tertiary/aromatic N) is 3. The predicted molar refractivity (Wildman–Crippen MR) is 137 cm³/mol. The zero-order chi connectivity index (χ0) is 25.1. The number of allylic oxidation sites excluding steroid dienone is 4. The molecule has 0 spiro atoms. The van der Waals surface area contributed by atoms with Gasteiger partial charge in [-0.05, 0) is 38.3 Å². The van der Waals surface area contributed by atoms with Crippen molar-refractivity contribution in [3.63, 3.8) is 0 Å². The van der Waals surface area contributed by atoms with Crippen LogP contribution in [-0.2, 0) is 16.8 Å². The maximum absolute atomic E-state index is 13.7. The van der Waals surface area contributed by atoms with E-state index in [0.29, 0.717) is 12.8 Å². The van der Waals surface area contributed by atoms with Crippen molar-refractivity contribution in [3.05, 3.63) is 60.1 Å². The summed E-state index contributed by atoms with van der Waals surface area (Å²) in [4.78, 5) is 20.1. The van der Waals surface area contributed by atoms with Crippen LogP contribution in [0.25, 0.3) is 11.3 Å². The normalized spacial score (nSPS) is 13.5. The summed E-state index contributed by atoms with van der Waals surface area (Å²) in [6.07, 6.45) is 14.0. The van der Waals surface area contributed by atoms with Crippen LogP contribution in [0.5, 0.6) is 0 Å². The van der Waals surface area contributed by atoms with Gasteiger partial charge < -0.3 is 9.67 Å². The number of pyridine rings is 1. The molecule has 2 aromatic rings. The Bertz CT molecular complexity index is 972. The predicted octanol–water partition coefficient (Wildman–Crippen LogP) is 7.59. The third-order valence-corrected chi connectivity index (χ3v) is 5.94. The van der Waals surface area contributed by atoms with E-state index in [0.717, 1.165) is 55.0 Å². The number of aromatic nitrogens is 3. The highest BCUT2D eigenvalue weighted by Gasteiger charge is 2.29. The zero-order valence-electron chi connectivity index (χ0n) is 21.4.